The molecule has 0 radical (unpaired) electrons. The molecule has 0 spiro atoms. The van der Waals surface area contributed by atoms with Crippen molar-refractivity contribution >= 4 is 30.3 Å². The fourth-order valence-corrected chi connectivity index (χ4v) is 3.61. The summed E-state index contributed by atoms with van der Waals surface area (Å²) in [6.45, 7) is 17.9. The molecule has 0 fully saturated rings. The average molecular weight is 444 g/mol. The lowest BCUT2D eigenvalue weighted by molar-refractivity contribution is 0.131. The van der Waals surface area contributed by atoms with Crippen molar-refractivity contribution in [1.82, 2.24) is 5.32 Å². The maximum atomic E-state index is 11.7. The zero-order valence-corrected chi connectivity index (χ0v) is 20.0. The van der Waals surface area contributed by atoms with Crippen LogP contribution >= 0.6 is 15.9 Å². The maximum absolute atomic E-state index is 11.7. The first-order chi connectivity index (χ1) is 11.7. The van der Waals surface area contributed by atoms with E-state index in [0.29, 0.717) is 6.61 Å². The van der Waals surface area contributed by atoms with E-state index in [0.717, 1.165) is 11.1 Å². The molecule has 0 saturated heterocycles. The first-order valence-corrected chi connectivity index (χ1v) is 12.9. The summed E-state index contributed by atoms with van der Waals surface area (Å²) in [5, 5.41) is 2.98. The molecule has 0 heterocycles. The largest absolute Gasteiger partial charge is 0.445 e. The Labute approximate surface area is 168 Å². The van der Waals surface area contributed by atoms with E-state index in [1.54, 1.807) is 0 Å². The molecule has 1 amide bonds. The number of ether oxygens (including phenoxy) is 1. The maximum Gasteiger partial charge on any atom is 0.407 e. The van der Waals surface area contributed by atoms with Gasteiger partial charge in [0.15, 0.2) is 8.32 Å². The summed E-state index contributed by atoms with van der Waals surface area (Å²) in [4.78, 5) is 11.9. The van der Waals surface area contributed by atoms with Gasteiger partial charge < -0.3 is 14.5 Å². The summed E-state index contributed by atoms with van der Waals surface area (Å²) in [7, 11) is -1.75. The Morgan fingerprint density at radius 2 is 1.65 bits per heavy atom. The van der Waals surface area contributed by atoms with Crippen LogP contribution in [0.5, 0.6) is 0 Å². The van der Waals surface area contributed by atoms with Gasteiger partial charge in [0.05, 0.1) is 11.4 Å². The molecule has 1 rings (SSSR count). The van der Waals surface area contributed by atoms with Gasteiger partial charge in [-0.25, -0.2) is 4.79 Å². The highest BCUT2D eigenvalue weighted by Gasteiger charge is 2.37. The zero-order chi connectivity index (χ0) is 20.2. The summed E-state index contributed by atoms with van der Waals surface area (Å²) in [5.41, 5.74) is 1.82. The first kappa shape index (κ1) is 23.2. The van der Waals surface area contributed by atoms with Crippen molar-refractivity contribution in [3.63, 3.8) is 0 Å². The lowest BCUT2D eigenvalue weighted by atomic mass is 10.1. The number of carbonyl (C=O) groups excluding carboxylic acids is 1. The Bertz CT molecular complexity index is 589. The molecule has 0 aromatic heterocycles. The molecular weight excluding hydrogens is 410 g/mol. The summed E-state index contributed by atoms with van der Waals surface area (Å²) in [5.74, 6) is 0. The number of halogens is 1. The van der Waals surface area contributed by atoms with E-state index < -0.39 is 14.4 Å². The second-order valence-electron chi connectivity index (χ2n) is 9.23. The summed E-state index contributed by atoms with van der Waals surface area (Å²) < 4.78 is 11.5. The molecular formula is C20H34BrNO3Si. The third-order valence-electron chi connectivity index (χ3n) is 4.59. The molecule has 1 atom stereocenters. The number of alkyl halides is 1. The normalized spacial score (nSPS) is 14.0. The van der Waals surface area contributed by atoms with Crippen LogP contribution in [0.2, 0.25) is 18.1 Å². The minimum absolute atomic E-state index is 0.149. The summed E-state index contributed by atoms with van der Waals surface area (Å²) in [6.07, 6.45) is -0.400. The molecule has 6 heteroatoms. The van der Waals surface area contributed by atoms with Gasteiger partial charge in [0.2, 0.25) is 0 Å². The molecule has 26 heavy (non-hydrogen) atoms. The Balaban J connectivity index is 2.55. The number of alkyl carbamates (subject to hydrolysis) is 1. The molecule has 0 aliphatic heterocycles. The molecule has 148 valence electrons. The van der Waals surface area contributed by atoms with Crippen LogP contribution in [0.4, 0.5) is 4.79 Å². The van der Waals surface area contributed by atoms with Crippen molar-refractivity contribution < 1.29 is 14.0 Å². The van der Waals surface area contributed by atoms with Crippen molar-refractivity contribution in [3.05, 3.63) is 35.4 Å². The minimum Gasteiger partial charge on any atom is -0.445 e. The van der Waals surface area contributed by atoms with Crippen LogP contribution < -0.4 is 5.32 Å². The van der Waals surface area contributed by atoms with Gasteiger partial charge in [-0.05, 0) is 50.0 Å². The Morgan fingerprint density at radius 3 is 2.12 bits per heavy atom. The van der Waals surface area contributed by atoms with E-state index in [1.165, 1.54) is 0 Å². The van der Waals surface area contributed by atoms with Crippen molar-refractivity contribution in [2.45, 2.75) is 76.6 Å². The lowest BCUT2D eigenvalue weighted by Crippen LogP contribution is -2.41. The van der Waals surface area contributed by atoms with Crippen molar-refractivity contribution in [3.8, 4) is 0 Å². The van der Waals surface area contributed by atoms with E-state index in [2.05, 4.69) is 67.2 Å². The van der Waals surface area contributed by atoms with Gasteiger partial charge in [-0.2, -0.15) is 0 Å². The zero-order valence-electron chi connectivity index (χ0n) is 17.4. The molecule has 0 saturated carbocycles. The van der Waals surface area contributed by atoms with E-state index >= 15 is 0 Å². The van der Waals surface area contributed by atoms with E-state index in [9.17, 15) is 4.79 Å². The van der Waals surface area contributed by atoms with Crippen molar-refractivity contribution in [2.75, 3.05) is 6.61 Å². The van der Waals surface area contributed by atoms with Crippen LogP contribution in [0, 0.1) is 0 Å². The highest BCUT2D eigenvalue weighted by molar-refractivity contribution is 9.09. The molecule has 1 unspecified atom stereocenters. The topological polar surface area (TPSA) is 47.6 Å². The minimum atomic E-state index is -1.75. The molecule has 0 aliphatic rings. The summed E-state index contributed by atoms with van der Waals surface area (Å²) >= 11 is 3.73. The van der Waals surface area contributed by atoms with Gasteiger partial charge >= 0.3 is 6.09 Å². The second-order valence-corrected chi connectivity index (χ2v) is 15.1. The average Bonchev–Trinajstić information content (AvgIpc) is 2.48. The molecule has 1 aromatic rings. The third-order valence-corrected chi connectivity index (χ3v) is 9.88. The third kappa shape index (κ3) is 7.80. The Morgan fingerprint density at radius 1 is 1.12 bits per heavy atom. The number of amides is 1. The number of hydrogen-bond donors (Lipinski definition) is 1. The second kappa shape index (κ2) is 8.89. The first-order valence-electron chi connectivity index (χ1n) is 9.03. The van der Waals surface area contributed by atoms with Gasteiger partial charge in [0.1, 0.15) is 6.61 Å². The van der Waals surface area contributed by atoms with Crippen molar-refractivity contribution in [1.29, 1.82) is 0 Å². The summed E-state index contributed by atoms with van der Waals surface area (Å²) in [6, 6.07) is 8.07. The SMILES string of the molecule is CC(C)(C)NC(=O)OCc1ccc(C(Br)CO[Si](C)(C)C(C)(C)C)cc1. The number of nitrogens with one attached hydrogen (secondary N) is 1. The fourth-order valence-electron chi connectivity index (χ4n) is 1.91. The molecule has 4 nitrogen and oxygen atoms in total. The standard InChI is InChI=1S/C20H34BrNO3Si/c1-19(2,3)22-18(23)24-13-15-9-11-16(12-10-15)17(21)14-25-26(7,8)20(4,5)6/h9-12,17H,13-14H2,1-8H3,(H,22,23). The molecule has 0 bridgehead atoms. The van der Waals surface area contributed by atoms with Gasteiger partial charge in [0, 0.05) is 5.54 Å². The van der Waals surface area contributed by atoms with Crippen LogP contribution in [0.3, 0.4) is 0 Å². The smallest absolute Gasteiger partial charge is 0.407 e. The van der Waals surface area contributed by atoms with E-state index in [1.807, 2.05) is 32.9 Å². The molecule has 1 N–H and O–H groups in total. The Hall–Kier alpha value is -0.853. The van der Waals surface area contributed by atoms with Crippen LogP contribution in [0.25, 0.3) is 0 Å². The number of benzene rings is 1. The predicted molar refractivity (Wildman–Crippen MR) is 114 cm³/mol. The highest BCUT2D eigenvalue weighted by atomic mass is 79.9. The molecule has 0 aliphatic carbocycles. The predicted octanol–water partition coefficient (Wildman–Crippen LogP) is 6.17. The fraction of sp³-hybridized carbons (Fsp3) is 0.650. The molecule has 1 aromatic carbocycles. The van der Waals surface area contributed by atoms with Gasteiger partial charge in [0.25, 0.3) is 0 Å². The lowest BCUT2D eigenvalue weighted by Gasteiger charge is -2.36. The van der Waals surface area contributed by atoms with Gasteiger partial charge in [-0.15, -0.1) is 0 Å². The number of rotatable bonds is 6. The van der Waals surface area contributed by atoms with Crippen LogP contribution in [-0.2, 0) is 15.8 Å². The van der Waals surface area contributed by atoms with E-state index in [4.69, 9.17) is 9.16 Å². The van der Waals surface area contributed by atoms with Crippen LogP contribution in [0.15, 0.2) is 24.3 Å². The van der Waals surface area contributed by atoms with Crippen LogP contribution in [-0.4, -0.2) is 26.6 Å². The van der Waals surface area contributed by atoms with Gasteiger partial charge in [-0.3, -0.25) is 0 Å². The number of hydrogen-bond acceptors (Lipinski definition) is 3. The van der Waals surface area contributed by atoms with Crippen molar-refractivity contribution in [2.24, 2.45) is 0 Å². The monoisotopic (exact) mass is 443 g/mol. The Kier molecular flexibility index (Phi) is 7.93. The number of carbonyl (C=O) groups is 1. The highest BCUT2D eigenvalue weighted by Crippen LogP contribution is 2.38. The quantitative estimate of drug-likeness (QED) is 0.422. The van der Waals surface area contributed by atoms with Crippen LogP contribution in [0.1, 0.15) is 57.5 Å². The van der Waals surface area contributed by atoms with E-state index in [-0.39, 0.29) is 22.0 Å². The van der Waals surface area contributed by atoms with Gasteiger partial charge in [-0.1, -0.05) is 61.0 Å².